The molecule has 2 N–H and O–H groups in total. The van der Waals surface area contributed by atoms with Gasteiger partial charge in [0.1, 0.15) is 11.9 Å². The van der Waals surface area contributed by atoms with E-state index in [1.165, 1.54) is 62.1 Å². The zero-order valence-electron chi connectivity index (χ0n) is 42.5. The average Bonchev–Trinajstić information content (AvgIpc) is 4.10. The van der Waals surface area contributed by atoms with E-state index >= 15 is 17.6 Å². The average molecular weight is 1130 g/mol. The molecule has 77 heavy (non-hydrogen) atoms. The highest BCUT2D eigenvalue weighted by atomic mass is 32.2. The van der Waals surface area contributed by atoms with Crippen LogP contribution in [0, 0.1) is 12.8 Å². The minimum absolute atomic E-state index is 0.0132. The molecule has 2 aliphatic heterocycles. The smallest absolute Gasteiger partial charge is 0.417 e. The van der Waals surface area contributed by atoms with Crippen molar-refractivity contribution in [1.29, 1.82) is 0 Å². The van der Waals surface area contributed by atoms with Crippen LogP contribution in [0.4, 0.5) is 27.8 Å². The number of nitrogens with zero attached hydrogens (tertiary/aromatic N) is 7. The molecule has 2 saturated heterocycles. The number of aromatic nitrogens is 2. The fraction of sp³-hybridized carbons (Fsp3) is 0.358. The molecular weight excluding hydrogens is 1080 g/mol. The van der Waals surface area contributed by atoms with Crippen molar-refractivity contribution in [2.45, 2.75) is 62.8 Å². The molecule has 24 heteroatoms. The van der Waals surface area contributed by atoms with Crippen LogP contribution in [0.2, 0.25) is 0 Å². The molecule has 16 nitrogen and oxygen atoms in total. The highest BCUT2D eigenvalue weighted by molar-refractivity contribution is 8.01. The Balaban J connectivity index is 1.02. The molecular formula is C53H55F4N9O7S4. The summed E-state index contributed by atoms with van der Waals surface area (Å²) in [6.07, 6.45) is 0.548. The molecule has 0 spiro atoms. The molecule has 6 amide bonds. The number of ether oxygens (including phenoxy) is 1. The van der Waals surface area contributed by atoms with Gasteiger partial charge in [-0.05, 0) is 106 Å². The van der Waals surface area contributed by atoms with Crippen LogP contribution >= 0.6 is 46.2 Å². The standard InChI is InChI=1S/C53H55F4N9O7S4/c1-7-43(67)63-14-16-64(17-15-63)49(71)36-24-42(75-46-27-59-51(77-46)60-47(69)31-12-13-31)34(22-38(36)53(55,56)57)23-39(62(4)5)32-10-9-11-33(21-32)48(70)61-52-58-26-45(76-52)74-41-25-37(40(73-6)20-30(41)3)50(72)66-19-18-65(44(68)8-2)28-35(54)29-66/h7-11,20-22,24-27,31,35,39H,1-2,12-19,23,28-29H2,3-6H3,(H,58,61,70)(H,59,60,69). The number of aryl methyl sites for hydroxylation is 1. The molecule has 1 saturated carbocycles. The monoisotopic (exact) mass is 1130 g/mol. The molecule has 2 unspecified atom stereocenters. The summed E-state index contributed by atoms with van der Waals surface area (Å²) in [6.45, 7) is 9.00. The number of likely N-dealkylation sites (N-methyl/N-ethyl adjacent to an activating group) is 1. The number of hydrogen-bond donors (Lipinski definition) is 2. The molecule has 3 aliphatic rings. The Kier molecular flexibility index (Phi) is 17.9. The number of hydrogen-bond acceptors (Lipinski definition) is 14. The van der Waals surface area contributed by atoms with Gasteiger partial charge in [0.2, 0.25) is 17.7 Å². The van der Waals surface area contributed by atoms with E-state index in [-0.39, 0.29) is 98.3 Å². The molecule has 5 aromatic rings. The number of anilines is 2. The lowest BCUT2D eigenvalue weighted by atomic mass is 9.93. The van der Waals surface area contributed by atoms with Gasteiger partial charge in [-0.15, -0.1) is 0 Å². The van der Waals surface area contributed by atoms with E-state index in [0.29, 0.717) is 34.7 Å². The van der Waals surface area contributed by atoms with Gasteiger partial charge in [-0.3, -0.25) is 34.1 Å². The Bertz CT molecular complexity index is 3100. The molecule has 1 aliphatic carbocycles. The number of benzene rings is 3. The van der Waals surface area contributed by atoms with Crippen LogP contribution in [0.3, 0.4) is 0 Å². The van der Waals surface area contributed by atoms with Crippen LogP contribution in [0.25, 0.3) is 0 Å². The largest absolute Gasteiger partial charge is 0.496 e. The summed E-state index contributed by atoms with van der Waals surface area (Å²) in [5, 5.41) is 6.27. The molecule has 8 rings (SSSR count). The quantitative estimate of drug-likeness (QED) is 0.0669. The van der Waals surface area contributed by atoms with Crippen molar-refractivity contribution in [2.75, 3.05) is 84.2 Å². The third kappa shape index (κ3) is 13.8. The number of carbonyl (C=O) groups excluding carboxylic acids is 6. The Hall–Kier alpha value is -6.60. The first kappa shape index (κ1) is 56.6. The van der Waals surface area contributed by atoms with Crippen molar-refractivity contribution >= 4 is 91.9 Å². The van der Waals surface area contributed by atoms with Gasteiger partial charge in [-0.2, -0.15) is 13.2 Å². The van der Waals surface area contributed by atoms with Crippen molar-refractivity contribution in [3.63, 3.8) is 0 Å². The van der Waals surface area contributed by atoms with Gasteiger partial charge in [0, 0.05) is 66.6 Å². The molecule has 406 valence electrons. The predicted octanol–water partition coefficient (Wildman–Crippen LogP) is 8.96. The van der Waals surface area contributed by atoms with Crippen molar-refractivity contribution in [2.24, 2.45) is 5.92 Å². The van der Waals surface area contributed by atoms with Gasteiger partial charge < -0.3 is 34.6 Å². The number of rotatable bonds is 17. The van der Waals surface area contributed by atoms with E-state index in [0.717, 1.165) is 59.7 Å². The van der Waals surface area contributed by atoms with Gasteiger partial charge in [-0.25, -0.2) is 14.4 Å². The van der Waals surface area contributed by atoms with Crippen LogP contribution in [0.1, 0.15) is 72.2 Å². The van der Waals surface area contributed by atoms with Crippen LogP contribution < -0.4 is 15.4 Å². The zero-order chi connectivity index (χ0) is 55.3. The topological polar surface area (TPSA) is 178 Å². The van der Waals surface area contributed by atoms with Crippen molar-refractivity contribution < 1.29 is 51.1 Å². The Morgan fingerprint density at radius 3 is 1.99 bits per heavy atom. The second-order valence-electron chi connectivity index (χ2n) is 18.7. The zero-order valence-corrected chi connectivity index (χ0v) is 45.8. The molecule has 0 bridgehead atoms. The van der Waals surface area contributed by atoms with Gasteiger partial charge in [-0.1, -0.05) is 71.5 Å². The summed E-state index contributed by atoms with van der Waals surface area (Å²) < 4.78 is 67.4. The summed E-state index contributed by atoms with van der Waals surface area (Å²) in [6, 6.07) is 11.8. The number of amides is 6. The Labute approximate surface area is 458 Å². The third-order valence-corrected chi connectivity index (χ3v) is 17.4. The van der Waals surface area contributed by atoms with E-state index in [4.69, 9.17) is 4.74 Å². The van der Waals surface area contributed by atoms with Crippen molar-refractivity contribution in [3.05, 3.63) is 125 Å². The first-order valence-corrected chi connectivity index (χ1v) is 27.6. The fourth-order valence-corrected chi connectivity index (χ4v) is 12.8. The summed E-state index contributed by atoms with van der Waals surface area (Å²) in [4.78, 5) is 96.1. The SMILES string of the molecule is C=CC(=O)N1CCN(C(=O)c2cc(Sc3cnc(NC(=O)C4CC4)s3)c(CC(c3cccc(C(=O)Nc4ncc(Sc5cc(C(=O)N6CCN(C(=O)C=C)CC(F)C6)c(OC)cc5C)s4)c3)N(C)C)cc2C(F)(F)F)CC1. The maximum atomic E-state index is 15.2. The number of carbonyl (C=O) groups is 6. The first-order valence-electron chi connectivity index (χ1n) is 24.4. The van der Waals surface area contributed by atoms with Gasteiger partial charge in [0.25, 0.3) is 17.7 Å². The van der Waals surface area contributed by atoms with Gasteiger partial charge in [0.15, 0.2) is 10.3 Å². The highest BCUT2D eigenvalue weighted by Gasteiger charge is 2.39. The molecule has 0 radical (unpaired) electrons. The van der Waals surface area contributed by atoms with Crippen LogP contribution in [-0.4, -0.2) is 150 Å². The second-order valence-corrected chi connectivity index (χ2v) is 23.4. The van der Waals surface area contributed by atoms with Crippen LogP contribution in [0.5, 0.6) is 5.75 Å². The van der Waals surface area contributed by atoms with Crippen LogP contribution in [0.15, 0.2) is 104 Å². The predicted molar refractivity (Wildman–Crippen MR) is 288 cm³/mol. The number of nitrogens with one attached hydrogen (secondary N) is 2. The molecule has 2 atom stereocenters. The summed E-state index contributed by atoms with van der Waals surface area (Å²) in [7, 11) is 4.98. The molecule has 3 aromatic carbocycles. The Morgan fingerprint density at radius 2 is 1.36 bits per heavy atom. The number of thiazole rings is 2. The summed E-state index contributed by atoms with van der Waals surface area (Å²) in [5.74, 6) is -2.48. The van der Waals surface area contributed by atoms with Crippen molar-refractivity contribution in [1.82, 2.24) is 34.5 Å². The number of piperazine rings is 1. The summed E-state index contributed by atoms with van der Waals surface area (Å²) >= 11 is 4.79. The van der Waals surface area contributed by atoms with Crippen LogP contribution in [-0.2, 0) is 27.0 Å². The maximum absolute atomic E-state index is 15.2. The fourth-order valence-electron chi connectivity index (χ4n) is 8.83. The van der Waals surface area contributed by atoms with E-state index in [1.807, 2.05) is 11.8 Å². The Morgan fingerprint density at radius 1 is 0.792 bits per heavy atom. The summed E-state index contributed by atoms with van der Waals surface area (Å²) in [5.41, 5.74) is 0.466. The highest BCUT2D eigenvalue weighted by Crippen LogP contribution is 2.44. The number of alkyl halides is 4. The van der Waals surface area contributed by atoms with E-state index in [2.05, 4.69) is 33.8 Å². The number of halogens is 4. The van der Waals surface area contributed by atoms with E-state index < -0.39 is 53.1 Å². The lowest BCUT2D eigenvalue weighted by Crippen LogP contribution is -2.50. The lowest BCUT2D eigenvalue weighted by molar-refractivity contribution is -0.138. The maximum Gasteiger partial charge on any atom is 0.417 e. The molecule has 4 heterocycles. The van der Waals surface area contributed by atoms with Gasteiger partial charge in [0.05, 0.1) is 57.7 Å². The third-order valence-electron chi connectivity index (χ3n) is 13.1. The van der Waals surface area contributed by atoms with E-state index in [9.17, 15) is 28.8 Å². The molecule has 3 fully saturated rings. The normalized spacial score (nSPS) is 16.4. The minimum Gasteiger partial charge on any atom is -0.496 e. The number of methoxy groups -OCH3 is 1. The lowest BCUT2D eigenvalue weighted by Gasteiger charge is -2.35. The minimum atomic E-state index is -4.93. The van der Waals surface area contributed by atoms with Crippen molar-refractivity contribution in [3.8, 4) is 5.75 Å². The molecule has 2 aromatic heterocycles. The second kappa shape index (κ2) is 24.4. The first-order chi connectivity index (χ1) is 36.7. The van der Waals surface area contributed by atoms with Gasteiger partial charge >= 0.3 is 6.18 Å². The van der Waals surface area contributed by atoms with E-state index in [1.54, 1.807) is 56.7 Å².